The van der Waals surface area contributed by atoms with Gasteiger partial charge in [-0.15, -0.1) is 0 Å². The van der Waals surface area contributed by atoms with Crippen LogP contribution in [0.3, 0.4) is 0 Å². The highest BCUT2D eigenvalue weighted by Crippen LogP contribution is 2.26. The Morgan fingerprint density at radius 3 is 2.44 bits per heavy atom. The monoisotopic (exact) mass is 250 g/mol. The molecule has 0 radical (unpaired) electrons. The van der Waals surface area contributed by atoms with Crippen LogP contribution in [0.5, 0.6) is 0 Å². The van der Waals surface area contributed by atoms with E-state index in [1.807, 2.05) is 11.8 Å². The zero-order valence-corrected chi connectivity index (χ0v) is 12.0. The van der Waals surface area contributed by atoms with Crippen LogP contribution in [0.1, 0.15) is 59.3 Å². The van der Waals surface area contributed by atoms with Crippen molar-refractivity contribution in [2.24, 2.45) is 11.8 Å². The van der Waals surface area contributed by atoms with Crippen LogP contribution in [-0.2, 0) is 4.79 Å². The molecule has 1 aliphatic carbocycles. The Morgan fingerprint density at radius 2 is 2.00 bits per heavy atom. The summed E-state index contributed by atoms with van der Waals surface area (Å²) in [6.45, 7) is 7.10. The molecule has 3 heteroatoms. The summed E-state index contributed by atoms with van der Waals surface area (Å²) >= 11 is 0. The summed E-state index contributed by atoms with van der Waals surface area (Å²) in [5.41, 5.74) is 0. The number of nitriles is 1. The van der Waals surface area contributed by atoms with Crippen LogP contribution in [0, 0.1) is 23.2 Å². The lowest BCUT2D eigenvalue weighted by Crippen LogP contribution is -2.43. The van der Waals surface area contributed by atoms with Crippen LogP contribution in [0.2, 0.25) is 0 Å². The van der Waals surface area contributed by atoms with Gasteiger partial charge in [-0.1, -0.05) is 33.6 Å². The lowest BCUT2D eigenvalue weighted by atomic mass is 10.0. The van der Waals surface area contributed by atoms with Crippen molar-refractivity contribution in [3.8, 4) is 6.07 Å². The third-order valence-corrected chi connectivity index (χ3v) is 3.86. The first-order chi connectivity index (χ1) is 8.60. The minimum Gasteiger partial charge on any atom is -0.339 e. The highest BCUT2D eigenvalue weighted by atomic mass is 16.2. The molecule has 0 aliphatic heterocycles. The molecule has 102 valence electrons. The fourth-order valence-corrected chi connectivity index (χ4v) is 2.61. The van der Waals surface area contributed by atoms with Crippen LogP contribution in [0.25, 0.3) is 0 Å². The topological polar surface area (TPSA) is 44.1 Å². The van der Waals surface area contributed by atoms with Crippen molar-refractivity contribution in [3.05, 3.63) is 0 Å². The molecule has 1 saturated carbocycles. The third kappa shape index (κ3) is 4.01. The first-order valence-electron chi connectivity index (χ1n) is 7.30. The van der Waals surface area contributed by atoms with E-state index in [1.54, 1.807) is 0 Å². The van der Waals surface area contributed by atoms with E-state index in [9.17, 15) is 4.79 Å². The van der Waals surface area contributed by atoms with Gasteiger partial charge in [0.05, 0.1) is 6.07 Å². The molecular weight excluding hydrogens is 224 g/mol. The molecule has 0 heterocycles. The summed E-state index contributed by atoms with van der Waals surface area (Å²) in [6.07, 6.45) is 6.33. The molecule has 18 heavy (non-hydrogen) atoms. The minimum atomic E-state index is -0.447. The number of amides is 1. The molecule has 3 nitrogen and oxygen atoms in total. The molecule has 0 aromatic rings. The molecule has 0 aromatic heterocycles. The zero-order valence-electron chi connectivity index (χ0n) is 12.0. The number of carbonyl (C=O) groups excluding carboxylic acids is 1. The second-order valence-electron chi connectivity index (χ2n) is 5.74. The maximum absolute atomic E-state index is 12.4. The van der Waals surface area contributed by atoms with Crippen molar-refractivity contribution in [2.45, 2.75) is 65.3 Å². The van der Waals surface area contributed by atoms with Crippen LogP contribution >= 0.6 is 0 Å². The average Bonchev–Trinajstić information content (AvgIpc) is 2.84. The zero-order chi connectivity index (χ0) is 13.5. The molecule has 1 unspecified atom stereocenters. The van der Waals surface area contributed by atoms with Gasteiger partial charge in [0.25, 0.3) is 0 Å². The van der Waals surface area contributed by atoms with Gasteiger partial charge in [0.1, 0.15) is 5.92 Å². The van der Waals surface area contributed by atoms with E-state index >= 15 is 0 Å². The maximum atomic E-state index is 12.4. The van der Waals surface area contributed by atoms with Crippen LogP contribution in [-0.4, -0.2) is 23.4 Å². The Morgan fingerprint density at radius 1 is 1.39 bits per heavy atom. The lowest BCUT2D eigenvalue weighted by Gasteiger charge is -2.31. The van der Waals surface area contributed by atoms with Crippen molar-refractivity contribution in [3.63, 3.8) is 0 Å². The van der Waals surface area contributed by atoms with E-state index in [0.717, 1.165) is 25.8 Å². The molecule has 0 spiro atoms. The second-order valence-corrected chi connectivity index (χ2v) is 5.74. The number of carbonyl (C=O) groups is 1. The molecule has 1 amide bonds. The van der Waals surface area contributed by atoms with Gasteiger partial charge < -0.3 is 4.90 Å². The van der Waals surface area contributed by atoms with Crippen molar-refractivity contribution >= 4 is 5.91 Å². The van der Waals surface area contributed by atoms with Gasteiger partial charge in [-0.2, -0.15) is 5.26 Å². The van der Waals surface area contributed by atoms with Crippen LogP contribution in [0.4, 0.5) is 0 Å². The second kappa shape index (κ2) is 7.41. The Kier molecular flexibility index (Phi) is 6.18. The quantitative estimate of drug-likeness (QED) is 0.725. The SMILES string of the molecule is CCC(C#N)C(=O)N(CCC(C)C)C1CCCC1. The van der Waals surface area contributed by atoms with Crippen molar-refractivity contribution in [2.75, 3.05) is 6.54 Å². The number of hydrogen-bond donors (Lipinski definition) is 0. The van der Waals surface area contributed by atoms with E-state index in [-0.39, 0.29) is 5.91 Å². The summed E-state index contributed by atoms with van der Waals surface area (Å²) < 4.78 is 0. The molecule has 0 saturated heterocycles. The van der Waals surface area contributed by atoms with E-state index in [0.29, 0.717) is 18.4 Å². The molecule has 0 N–H and O–H groups in total. The Bertz CT molecular complexity index is 300. The maximum Gasteiger partial charge on any atom is 0.240 e. The average molecular weight is 250 g/mol. The molecule has 1 atom stereocenters. The van der Waals surface area contributed by atoms with Gasteiger partial charge in [0.15, 0.2) is 0 Å². The third-order valence-electron chi connectivity index (χ3n) is 3.86. The molecule has 1 rings (SSSR count). The minimum absolute atomic E-state index is 0.0625. The fourth-order valence-electron chi connectivity index (χ4n) is 2.61. The standard InChI is InChI=1S/C15H26N2O/c1-4-13(11-16)15(18)17(10-9-12(2)3)14-7-5-6-8-14/h12-14H,4-10H2,1-3H3. The normalized spacial score (nSPS) is 17.7. The summed E-state index contributed by atoms with van der Waals surface area (Å²) in [5, 5.41) is 9.07. The van der Waals surface area contributed by atoms with Crippen molar-refractivity contribution < 1.29 is 4.79 Å². The number of rotatable bonds is 6. The van der Waals surface area contributed by atoms with Crippen molar-refractivity contribution in [1.82, 2.24) is 4.90 Å². The van der Waals surface area contributed by atoms with Crippen LogP contribution < -0.4 is 0 Å². The fraction of sp³-hybridized carbons (Fsp3) is 0.867. The largest absolute Gasteiger partial charge is 0.339 e. The number of nitrogens with zero attached hydrogens (tertiary/aromatic N) is 2. The van der Waals surface area contributed by atoms with Gasteiger partial charge in [-0.3, -0.25) is 4.79 Å². The smallest absolute Gasteiger partial charge is 0.240 e. The molecule has 1 aliphatic rings. The summed E-state index contributed by atoms with van der Waals surface area (Å²) in [4.78, 5) is 14.4. The number of hydrogen-bond acceptors (Lipinski definition) is 2. The van der Waals surface area contributed by atoms with Gasteiger partial charge in [-0.05, 0) is 31.6 Å². The molecule has 0 bridgehead atoms. The lowest BCUT2D eigenvalue weighted by molar-refractivity contribution is -0.136. The van der Waals surface area contributed by atoms with Crippen LogP contribution in [0.15, 0.2) is 0 Å². The van der Waals surface area contributed by atoms with Gasteiger partial charge in [0, 0.05) is 12.6 Å². The Hall–Kier alpha value is -1.04. The molecular formula is C15H26N2O. The Labute approximate surface area is 111 Å². The molecule has 0 aromatic carbocycles. The first kappa shape index (κ1) is 15.0. The highest BCUT2D eigenvalue weighted by molar-refractivity contribution is 5.81. The summed E-state index contributed by atoms with van der Waals surface area (Å²) in [5.74, 6) is 0.217. The van der Waals surface area contributed by atoms with Gasteiger partial charge >= 0.3 is 0 Å². The molecule has 1 fully saturated rings. The summed E-state index contributed by atoms with van der Waals surface area (Å²) in [7, 11) is 0. The predicted octanol–water partition coefficient (Wildman–Crippen LogP) is 3.35. The van der Waals surface area contributed by atoms with E-state index in [4.69, 9.17) is 5.26 Å². The highest BCUT2D eigenvalue weighted by Gasteiger charge is 2.30. The van der Waals surface area contributed by atoms with E-state index < -0.39 is 5.92 Å². The first-order valence-corrected chi connectivity index (χ1v) is 7.30. The van der Waals surface area contributed by atoms with Gasteiger partial charge in [0.2, 0.25) is 5.91 Å². The van der Waals surface area contributed by atoms with E-state index in [1.165, 1.54) is 12.8 Å². The summed E-state index contributed by atoms with van der Waals surface area (Å²) in [6, 6.07) is 2.54. The predicted molar refractivity (Wildman–Crippen MR) is 72.8 cm³/mol. The van der Waals surface area contributed by atoms with Gasteiger partial charge in [-0.25, -0.2) is 0 Å². The Balaban J connectivity index is 2.69. The van der Waals surface area contributed by atoms with Crippen molar-refractivity contribution in [1.29, 1.82) is 5.26 Å². The van der Waals surface area contributed by atoms with E-state index in [2.05, 4.69) is 19.9 Å².